The van der Waals surface area contributed by atoms with E-state index in [0.29, 0.717) is 16.8 Å². The lowest BCUT2D eigenvalue weighted by Gasteiger charge is -2.39. The summed E-state index contributed by atoms with van der Waals surface area (Å²) in [5, 5.41) is 11.9. The van der Waals surface area contributed by atoms with Crippen molar-refractivity contribution >= 4 is 61.5 Å². The van der Waals surface area contributed by atoms with Crippen LogP contribution in [-0.2, 0) is 5.54 Å². The number of hydrogen-bond acceptors (Lipinski definition) is 5. The molecule has 0 saturated carbocycles. The van der Waals surface area contributed by atoms with E-state index in [1.54, 1.807) is 6.20 Å². The highest BCUT2D eigenvalue weighted by molar-refractivity contribution is 14.1. The molecule has 6 nitrogen and oxygen atoms in total. The van der Waals surface area contributed by atoms with Crippen LogP contribution in [0.2, 0.25) is 0 Å². The first-order valence-electron chi connectivity index (χ1n) is 7.34. The van der Waals surface area contributed by atoms with Crippen molar-refractivity contribution in [3.63, 3.8) is 0 Å². The Morgan fingerprint density at radius 1 is 1.40 bits per heavy atom. The maximum absolute atomic E-state index is 11.1. The molecule has 4 rings (SSSR count). The molecule has 1 atom stereocenters. The number of amidine groups is 1. The second-order valence-corrected chi connectivity index (χ2v) is 8.80. The van der Waals surface area contributed by atoms with E-state index in [1.807, 2.05) is 24.3 Å². The van der Waals surface area contributed by atoms with Gasteiger partial charge in [0, 0.05) is 31.1 Å². The average molecular weight is 532 g/mol. The van der Waals surface area contributed by atoms with Gasteiger partial charge in [-0.2, -0.15) is 0 Å². The number of aliphatic imine (C=N–C) groups is 1. The lowest BCUT2D eigenvalue weighted by molar-refractivity contribution is 0.200. The number of ether oxygens (including phenoxy) is 1. The van der Waals surface area contributed by atoms with E-state index in [4.69, 9.17) is 14.8 Å². The molecule has 1 spiro atoms. The number of amides is 1. The summed E-state index contributed by atoms with van der Waals surface area (Å²) in [7, 11) is 0. The predicted molar refractivity (Wildman–Crippen MR) is 108 cm³/mol. The second kappa shape index (κ2) is 6.44. The Kier molecular flexibility index (Phi) is 4.40. The summed E-state index contributed by atoms with van der Waals surface area (Å²) >= 11 is 7.12. The first-order chi connectivity index (χ1) is 12.0. The van der Waals surface area contributed by atoms with E-state index in [9.17, 15) is 4.79 Å². The van der Waals surface area contributed by atoms with Gasteiger partial charge < -0.3 is 9.84 Å². The van der Waals surface area contributed by atoms with E-state index in [2.05, 4.69) is 48.8 Å². The quantitative estimate of drug-likeness (QED) is 0.487. The van der Waals surface area contributed by atoms with E-state index in [-0.39, 0.29) is 0 Å². The van der Waals surface area contributed by atoms with Crippen LogP contribution in [0, 0.1) is 3.57 Å². The Morgan fingerprint density at radius 2 is 2.24 bits per heavy atom. The molecule has 0 saturated heterocycles. The molecule has 0 fully saturated rings. The lowest BCUT2D eigenvalue weighted by atomic mass is 9.79. The number of aromatic nitrogens is 1. The van der Waals surface area contributed by atoms with Gasteiger partial charge in [0.15, 0.2) is 5.17 Å². The van der Waals surface area contributed by atoms with Crippen molar-refractivity contribution < 1.29 is 14.6 Å². The van der Waals surface area contributed by atoms with Crippen molar-refractivity contribution in [2.75, 3.05) is 5.75 Å². The minimum absolute atomic E-state index is 0.386. The maximum Gasteiger partial charge on any atom is 0.410 e. The third-order valence-electron chi connectivity index (χ3n) is 4.07. The van der Waals surface area contributed by atoms with Gasteiger partial charge in [-0.25, -0.2) is 14.8 Å². The zero-order valence-corrected chi connectivity index (χ0v) is 17.2. The molecule has 128 valence electrons. The highest BCUT2D eigenvalue weighted by Gasteiger charge is 2.45. The van der Waals surface area contributed by atoms with Crippen LogP contribution in [0.4, 0.5) is 4.79 Å². The Bertz CT molecular complexity index is 870. The zero-order chi connectivity index (χ0) is 17.6. The number of carbonyl (C=O) groups is 1. The van der Waals surface area contributed by atoms with Crippen LogP contribution in [0.3, 0.4) is 0 Å². The SMILES string of the molecule is O=C(O)NC1=NC2(CCS1)c1cc(I)ccc1Oc1ncc(Br)cc12. The van der Waals surface area contributed by atoms with Gasteiger partial charge in [0.25, 0.3) is 0 Å². The number of rotatable bonds is 0. The number of halogens is 2. The summed E-state index contributed by atoms with van der Waals surface area (Å²) in [6.45, 7) is 0. The fourth-order valence-corrected chi connectivity index (χ4v) is 4.86. The van der Waals surface area contributed by atoms with E-state index >= 15 is 0 Å². The highest BCUT2D eigenvalue weighted by atomic mass is 127. The third kappa shape index (κ3) is 3.02. The van der Waals surface area contributed by atoms with Crippen LogP contribution in [0.25, 0.3) is 0 Å². The fourth-order valence-electron chi connectivity index (χ4n) is 3.07. The number of benzene rings is 1. The summed E-state index contributed by atoms with van der Waals surface area (Å²) < 4.78 is 7.87. The van der Waals surface area contributed by atoms with Gasteiger partial charge in [-0.1, -0.05) is 11.8 Å². The molecule has 9 heteroatoms. The lowest BCUT2D eigenvalue weighted by Crippen LogP contribution is -2.38. The van der Waals surface area contributed by atoms with Gasteiger partial charge in [0.2, 0.25) is 5.88 Å². The Morgan fingerprint density at radius 3 is 3.04 bits per heavy atom. The molecule has 2 aliphatic rings. The van der Waals surface area contributed by atoms with Crippen molar-refractivity contribution in [2.45, 2.75) is 12.0 Å². The van der Waals surface area contributed by atoms with Crippen LogP contribution in [0.1, 0.15) is 17.5 Å². The molecular weight excluding hydrogens is 521 g/mol. The largest absolute Gasteiger partial charge is 0.465 e. The van der Waals surface area contributed by atoms with Crippen LogP contribution in [-0.4, -0.2) is 27.1 Å². The first kappa shape index (κ1) is 17.1. The molecule has 0 bridgehead atoms. The van der Waals surface area contributed by atoms with Gasteiger partial charge in [-0.15, -0.1) is 0 Å². The molecule has 2 N–H and O–H groups in total. The van der Waals surface area contributed by atoms with E-state index in [1.165, 1.54) is 11.8 Å². The van der Waals surface area contributed by atoms with Gasteiger partial charge in [0.05, 0.1) is 0 Å². The van der Waals surface area contributed by atoms with Crippen LogP contribution in [0.15, 0.2) is 39.9 Å². The van der Waals surface area contributed by atoms with Crippen molar-refractivity contribution in [3.05, 3.63) is 49.6 Å². The van der Waals surface area contributed by atoms with E-state index in [0.717, 1.165) is 31.3 Å². The van der Waals surface area contributed by atoms with Crippen molar-refractivity contribution in [2.24, 2.45) is 4.99 Å². The summed E-state index contributed by atoms with van der Waals surface area (Å²) in [5.74, 6) is 1.94. The van der Waals surface area contributed by atoms with Crippen molar-refractivity contribution in [1.82, 2.24) is 10.3 Å². The number of fused-ring (bicyclic) bond motifs is 4. The molecule has 25 heavy (non-hydrogen) atoms. The Hall–Kier alpha value is -1.33. The number of nitrogens with zero attached hydrogens (tertiary/aromatic N) is 2. The number of thioether (sulfide) groups is 1. The first-order valence-corrected chi connectivity index (χ1v) is 10.2. The van der Waals surface area contributed by atoms with Gasteiger partial charge >= 0.3 is 6.09 Å². The number of nitrogens with one attached hydrogen (secondary N) is 1. The fraction of sp³-hybridized carbons (Fsp3) is 0.188. The number of carboxylic acid groups (broad SMARTS) is 1. The summed E-state index contributed by atoms with van der Waals surface area (Å²) in [6.07, 6.45) is 1.29. The van der Waals surface area contributed by atoms with Crippen LogP contribution < -0.4 is 10.1 Å². The van der Waals surface area contributed by atoms with Crippen molar-refractivity contribution in [3.8, 4) is 11.6 Å². The summed E-state index contributed by atoms with van der Waals surface area (Å²) in [5.41, 5.74) is 1.04. The molecule has 0 aliphatic carbocycles. The molecular formula is C16H11BrIN3O3S. The topological polar surface area (TPSA) is 83.8 Å². The summed E-state index contributed by atoms with van der Waals surface area (Å²) in [6, 6.07) is 7.86. The maximum atomic E-state index is 11.1. The average Bonchev–Trinajstić information content (AvgIpc) is 2.56. The van der Waals surface area contributed by atoms with Crippen LogP contribution >= 0.6 is 50.3 Å². The van der Waals surface area contributed by atoms with Crippen molar-refractivity contribution in [1.29, 1.82) is 0 Å². The van der Waals surface area contributed by atoms with Crippen LogP contribution in [0.5, 0.6) is 11.6 Å². The standard InChI is InChI=1S/C16H11BrIN3O3S/c17-8-5-11-13(19-7-8)24-12-2-1-9(18)6-10(12)16(11)3-4-25-14(21-16)20-15(22)23/h1-2,5-7H,3-4H2,(H,20,21)(H,22,23). The molecule has 1 aromatic heterocycles. The Balaban J connectivity index is 1.98. The normalized spacial score (nSPS) is 21.0. The predicted octanol–water partition coefficient (Wildman–Crippen LogP) is 4.56. The Labute approximate surface area is 169 Å². The van der Waals surface area contributed by atoms with E-state index < -0.39 is 11.6 Å². The number of pyridine rings is 1. The molecule has 1 aromatic carbocycles. The smallest absolute Gasteiger partial charge is 0.410 e. The third-order valence-corrected chi connectivity index (χ3v) is 6.05. The van der Waals surface area contributed by atoms with Gasteiger partial charge in [-0.3, -0.25) is 5.32 Å². The highest BCUT2D eigenvalue weighted by Crippen LogP contribution is 2.52. The molecule has 1 amide bonds. The molecule has 2 aliphatic heterocycles. The van der Waals surface area contributed by atoms with Gasteiger partial charge in [0.1, 0.15) is 11.3 Å². The molecule has 1 unspecified atom stereocenters. The minimum atomic E-state index is -1.12. The molecule has 0 radical (unpaired) electrons. The molecule has 2 aromatic rings. The molecule has 3 heterocycles. The second-order valence-electron chi connectivity index (χ2n) is 5.55. The minimum Gasteiger partial charge on any atom is -0.465 e. The summed E-state index contributed by atoms with van der Waals surface area (Å²) in [4.78, 5) is 20.3. The van der Waals surface area contributed by atoms with Gasteiger partial charge in [-0.05, 0) is 69.2 Å². The monoisotopic (exact) mass is 531 g/mol. The zero-order valence-electron chi connectivity index (χ0n) is 12.6. The number of hydrogen-bond donors (Lipinski definition) is 2.